The molecular formula is C17H26O5. The minimum atomic E-state index is -0.396. The molecule has 0 spiro atoms. The van der Waals surface area contributed by atoms with Crippen molar-refractivity contribution in [1.29, 1.82) is 0 Å². The molecule has 1 atom stereocenters. The highest BCUT2D eigenvalue weighted by Gasteiger charge is 2.24. The SMILES string of the molecule is CCCCCCOC(=O)/C(C)=C/C=C(\C)C(=O)OCC1CO1. The molecule has 0 amide bonds. The van der Waals surface area contributed by atoms with Crippen molar-refractivity contribution in [3.8, 4) is 0 Å². The minimum Gasteiger partial charge on any atom is -0.462 e. The number of carbonyl (C=O) groups is 2. The summed E-state index contributed by atoms with van der Waals surface area (Å²) in [6.07, 6.45) is 7.47. The lowest BCUT2D eigenvalue weighted by Gasteiger charge is -2.04. The third kappa shape index (κ3) is 7.98. The van der Waals surface area contributed by atoms with E-state index in [4.69, 9.17) is 14.2 Å². The Kier molecular flexibility index (Phi) is 8.51. The zero-order valence-electron chi connectivity index (χ0n) is 13.7. The van der Waals surface area contributed by atoms with E-state index in [9.17, 15) is 9.59 Å². The third-order valence-electron chi connectivity index (χ3n) is 3.26. The van der Waals surface area contributed by atoms with Gasteiger partial charge in [0.1, 0.15) is 12.7 Å². The zero-order chi connectivity index (χ0) is 16.4. The maximum Gasteiger partial charge on any atom is 0.333 e. The highest BCUT2D eigenvalue weighted by atomic mass is 16.6. The second kappa shape index (κ2) is 10.2. The summed E-state index contributed by atoms with van der Waals surface area (Å²) in [6.45, 7) is 6.83. The molecule has 0 aliphatic carbocycles. The van der Waals surface area contributed by atoms with Crippen molar-refractivity contribution >= 4 is 11.9 Å². The van der Waals surface area contributed by atoms with E-state index in [1.165, 1.54) is 0 Å². The summed E-state index contributed by atoms with van der Waals surface area (Å²) < 4.78 is 15.2. The molecule has 1 aliphatic rings. The smallest absolute Gasteiger partial charge is 0.333 e. The Balaban J connectivity index is 2.29. The molecule has 5 heteroatoms. The molecule has 0 N–H and O–H groups in total. The molecule has 0 aromatic rings. The molecule has 0 saturated carbocycles. The van der Waals surface area contributed by atoms with Crippen molar-refractivity contribution in [3.63, 3.8) is 0 Å². The monoisotopic (exact) mass is 310 g/mol. The highest BCUT2D eigenvalue weighted by Crippen LogP contribution is 2.10. The molecule has 0 aromatic heterocycles. The maximum absolute atomic E-state index is 11.7. The van der Waals surface area contributed by atoms with Crippen molar-refractivity contribution in [2.24, 2.45) is 0 Å². The molecule has 0 radical (unpaired) electrons. The molecule has 0 bridgehead atoms. The van der Waals surface area contributed by atoms with E-state index >= 15 is 0 Å². The number of epoxide rings is 1. The van der Waals surface area contributed by atoms with Gasteiger partial charge in [-0.2, -0.15) is 0 Å². The zero-order valence-corrected chi connectivity index (χ0v) is 13.7. The minimum absolute atomic E-state index is 0.0525. The van der Waals surface area contributed by atoms with Crippen LogP contribution >= 0.6 is 0 Å². The van der Waals surface area contributed by atoms with Gasteiger partial charge in [-0.1, -0.05) is 38.3 Å². The largest absolute Gasteiger partial charge is 0.462 e. The average molecular weight is 310 g/mol. The molecule has 22 heavy (non-hydrogen) atoms. The average Bonchev–Trinajstić information content (AvgIpc) is 3.33. The highest BCUT2D eigenvalue weighted by molar-refractivity contribution is 5.90. The topological polar surface area (TPSA) is 65.1 Å². The Labute approximate surface area is 132 Å². The number of ether oxygens (including phenoxy) is 3. The van der Waals surface area contributed by atoms with E-state index in [0.717, 1.165) is 25.7 Å². The number of unbranched alkanes of at least 4 members (excludes halogenated alkanes) is 3. The van der Waals surface area contributed by atoms with Crippen LogP contribution in [0.3, 0.4) is 0 Å². The Bertz CT molecular complexity index is 432. The van der Waals surface area contributed by atoms with Gasteiger partial charge in [0.05, 0.1) is 13.2 Å². The van der Waals surface area contributed by atoms with Gasteiger partial charge < -0.3 is 14.2 Å². The number of hydrogen-bond acceptors (Lipinski definition) is 5. The van der Waals surface area contributed by atoms with Crippen LogP contribution in [0.4, 0.5) is 0 Å². The van der Waals surface area contributed by atoms with Gasteiger partial charge in [-0.3, -0.25) is 0 Å². The predicted molar refractivity (Wildman–Crippen MR) is 83.3 cm³/mol. The second-order valence-electron chi connectivity index (χ2n) is 5.45. The van der Waals surface area contributed by atoms with Crippen LogP contribution < -0.4 is 0 Å². The fraction of sp³-hybridized carbons (Fsp3) is 0.647. The van der Waals surface area contributed by atoms with Gasteiger partial charge in [-0.15, -0.1) is 0 Å². The van der Waals surface area contributed by atoms with Crippen LogP contribution in [0.25, 0.3) is 0 Å². The molecule has 1 heterocycles. The van der Waals surface area contributed by atoms with Crippen molar-refractivity contribution in [1.82, 2.24) is 0 Å². The lowest BCUT2D eigenvalue weighted by atomic mass is 10.2. The van der Waals surface area contributed by atoms with Crippen molar-refractivity contribution < 1.29 is 23.8 Å². The number of allylic oxidation sites excluding steroid dienone is 2. The Hall–Kier alpha value is -1.62. The summed E-state index contributed by atoms with van der Waals surface area (Å²) in [5, 5.41) is 0. The number of esters is 2. The van der Waals surface area contributed by atoms with E-state index in [1.807, 2.05) is 0 Å². The normalized spacial score (nSPS) is 18.0. The molecule has 5 nitrogen and oxygen atoms in total. The van der Waals surface area contributed by atoms with E-state index in [0.29, 0.717) is 24.4 Å². The van der Waals surface area contributed by atoms with E-state index in [2.05, 4.69) is 6.92 Å². The molecule has 124 valence electrons. The van der Waals surface area contributed by atoms with Crippen molar-refractivity contribution in [2.75, 3.05) is 19.8 Å². The summed E-state index contributed by atoms with van der Waals surface area (Å²) >= 11 is 0. The Morgan fingerprint density at radius 2 is 1.64 bits per heavy atom. The lowest BCUT2D eigenvalue weighted by molar-refractivity contribution is -0.140. The van der Waals surface area contributed by atoms with Crippen molar-refractivity contribution in [2.45, 2.75) is 52.6 Å². The molecular weight excluding hydrogens is 284 g/mol. The standard InChI is InChI=1S/C17H26O5/c1-4-5-6-7-10-20-16(18)13(2)8-9-14(3)17(19)22-12-15-11-21-15/h8-9,15H,4-7,10-12H2,1-3H3/b13-8+,14-9+. The van der Waals surface area contributed by atoms with Crippen LogP contribution in [-0.2, 0) is 23.8 Å². The fourth-order valence-electron chi connectivity index (χ4n) is 1.64. The van der Waals surface area contributed by atoms with Gasteiger partial charge in [-0.25, -0.2) is 9.59 Å². The van der Waals surface area contributed by atoms with Gasteiger partial charge >= 0.3 is 11.9 Å². The summed E-state index contributed by atoms with van der Waals surface area (Å²) in [4.78, 5) is 23.4. The summed E-state index contributed by atoms with van der Waals surface area (Å²) in [7, 11) is 0. The van der Waals surface area contributed by atoms with Gasteiger partial charge in [0.15, 0.2) is 0 Å². The van der Waals surface area contributed by atoms with Crippen molar-refractivity contribution in [3.05, 3.63) is 23.3 Å². The summed E-state index contributed by atoms with van der Waals surface area (Å²) in [6, 6.07) is 0. The molecule has 1 aliphatic heterocycles. The summed E-state index contributed by atoms with van der Waals surface area (Å²) in [5.74, 6) is -0.743. The third-order valence-corrected chi connectivity index (χ3v) is 3.26. The van der Waals surface area contributed by atoms with Crippen LogP contribution in [-0.4, -0.2) is 37.9 Å². The molecule has 1 unspecified atom stereocenters. The van der Waals surface area contributed by atoms with Crippen LogP contribution in [0.2, 0.25) is 0 Å². The van der Waals surface area contributed by atoms with Gasteiger partial charge in [0.25, 0.3) is 0 Å². The first-order chi connectivity index (χ1) is 10.5. The van der Waals surface area contributed by atoms with E-state index in [-0.39, 0.29) is 18.7 Å². The Morgan fingerprint density at radius 3 is 2.18 bits per heavy atom. The van der Waals surface area contributed by atoms with E-state index < -0.39 is 5.97 Å². The molecule has 0 aromatic carbocycles. The van der Waals surface area contributed by atoms with Crippen LogP contribution in [0.5, 0.6) is 0 Å². The van der Waals surface area contributed by atoms with Gasteiger partial charge in [0, 0.05) is 11.1 Å². The van der Waals surface area contributed by atoms with Gasteiger partial charge in [-0.05, 0) is 20.3 Å². The van der Waals surface area contributed by atoms with Crippen LogP contribution in [0.1, 0.15) is 46.5 Å². The van der Waals surface area contributed by atoms with Gasteiger partial charge in [0.2, 0.25) is 0 Å². The molecule has 1 fully saturated rings. The predicted octanol–water partition coefficient (Wildman–Crippen LogP) is 2.94. The first kappa shape index (κ1) is 18.4. The Morgan fingerprint density at radius 1 is 1.05 bits per heavy atom. The lowest BCUT2D eigenvalue weighted by Crippen LogP contribution is -2.10. The maximum atomic E-state index is 11.7. The number of hydrogen-bond donors (Lipinski definition) is 0. The van der Waals surface area contributed by atoms with E-state index in [1.54, 1.807) is 26.0 Å². The molecule has 1 saturated heterocycles. The number of carbonyl (C=O) groups excluding carboxylic acids is 2. The molecule has 1 rings (SSSR count). The number of rotatable bonds is 10. The fourth-order valence-corrected chi connectivity index (χ4v) is 1.64. The van der Waals surface area contributed by atoms with Crippen LogP contribution in [0.15, 0.2) is 23.3 Å². The summed E-state index contributed by atoms with van der Waals surface area (Å²) in [5.41, 5.74) is 0.906. The first-order valence-electron chi connectivity index (χ1n) is 7.85. The quantitative estimate of drug-likeness (QED) is 0.204. The first-order valence-corrected chi connectivity index (χ1v) is 7.85. The second-order valence-corrected chi connectivity index (χ2v) is 5.45. The van der Waals surface area contributed by atoms with Crippen LogP contribution in [0, 0.1) is 0 Å².